The quantitative estimate of drug-likeness (QED) is 0.853. The second-order valence-corrected chi connectivity index (χ2v) is 7.09. The lowest BCUT2D eigenvalue weighted by Crippen LogP contribution is -2.33. The first-order valence-corrected chi connectivity index (χ1v) is 8.30. The van der Waals surface area contributed by atoms with Gasteiger partial charge in [-0.25, -0.2) is 17.9 Å². The minimum atomic E-state index is -3.74. The van der Waals surface area contributed by atoms with Crippen molar-refractivity contribution in [1.82, 2.24) is 4.72 Å². The van der Waals surface area contributed by atoms with E-state index in [2.05, 4.69) is 4.72 Å². The van der Waals surface area contributed by atoms with Gasteiger partial charge in [0.2, 0.25) is 10.0 Å². The SMILES string of the molecule is Cc1ccc(S(=O)(=O)NCC2CCC(C(=O)O)O2)c(Cl)c1. The molecule has 2 unspecified atom stereocenters. The van der Waals surface area contributed by atoms with Gasteiger partial charge >= 0.3 is 5.97 Å². The van der Waals surface area contributed by atoms with E-state index in [0.717, 1.165) is 5.56 Å². The third kappa shape index (κ3) is 3.94. The normalized spacial score (nSPS) is 22.4. The fourth-order valence-electron chi connectivity index (χ4n) is 2.14. The van der Waals surface area contributed by atoms with Crippen molar-refractivity contribution < 1.29 is 23.1 Å². The van der Waals surface area contributed by atoms with E-state index in [9.17, 15) is 13.2 Å². The predicted molar refractivity (Wildman–Crippen MR) is 76.9 cm³/mol. The van der Waals surface area contributed by atoms with Crippen LogP contribution in [0, 0.1) is 6.92 Å². The molecule has 2 N–H and O–H groups in total. The standard InChI is InChI=1S/C13H16ClNO5S/c1-8-2-5-12(10(14)6-8)21(18,19)15-7-9-3-4-11(20-9)13(16)17/h2,5-6,9,11,15H,3-4,7H2,1H3,(H,16,17). The molecule has 1 aliphatic rings. The third-order valence-corrected chi connectivity index (χ3v) is 5.17. The Labute approximate surface area is 128 Å². The molecule has 1 saturated heterocycles. The van der Waals surface area contributed by atoms with E-state index in [1.807, 2.05) is 6.92 Å². The number of benzene rings is 1. The number of hydrogen-bond donors (Lipinski definition) is 2. The number of hydrogen-bond acceptors (Lipinski definition) is 4. The number of rotatable bonds is 5. The summed E-state index contributed by atoms with van der Waals surface area (Å²) in [5.41, 5.74) is 0.863. The van der Waals surface area contributed by atoms with Crippen LogP contribution in [0.4, 0.5) is 0 Å². The van der Waals surface area contributed by atoms with Crippen molar-refractivity contribution >= 4 is 27.6 Å². The Kier molecular flexibility index (Phi) is 4.88. The zero-order chi connectivity index (χ0) is 15.6. The van der Waals surface area contributed by atoms with Gasteiger partial charge in [-0.05, 0) is 37.5 Å². The van der Waals surface area contributed by atoms with Crippen molar-refractivity contribution in [2.75, 3.05) is 6.54 Å². The van der Waals surface area contributed by atoms with Crippen molar-refractivity contribution in [3.05, 3.63) is 28.8 Å². The lowest BCUT2D eigenvalue weighted by Gasteiger charge is -2.13. The summed E-state index contributed by atoms with van der Waals surface area (Å²) in [5, 5.41) is 8.97. The van der Waals surface area contributed by atoms with E-state index in [1.54, 1.807) is 12.1 Å². The van der Waals surface area contributed by atoms with Crippen molar-refractivity contribution in [3.8, 4) is 0 Å². The van der Waals surface area contributed by atoms with Gasteiger partial charge in [0.25, 0.3) is 0 Å². The highest BCUT2D eigenvalue weighted by atomic mass is 35.5. The maximum Gasteiger partial charge on any atom is 0.332 e. The molecule has 2 atom stereocenters. The molecule has 0 radical (unpaired) electrons. The summed E-state index contributed by atoms with van der Waals surface area (Å²) in [4.78, 5) is 10.8. The average Bonchev–Trinajstić information content (AvgIpc) is 2.85. The van der Waals surface area contributed by atoms with Gasteiger partial charge in [0.1, 0.15) is 4.90 Å². The van der Waals surface area contributed by atoms with Gasteiger partial charge in [0.05, 0.1) is 11.1 Å². The molecule has 1 aromatic carbocycles. The molecule has 0 aromatic heterocycles. The molecule has 0 aliphatic carbocycles. The predicted octanol–water partition coefficient (Wildman–Crippen LogP) is 1.56. The molecule has 116 valence electrons. The summed E-state index contributed by atoms with van der Waals surface area (Å²) in [7, 11) is -3.74. The van der Waals surface area contributed by atoms with Crippen LogP contribution in [0.1, 0.15) is 18.4 Å². The van der Waals surface area contributed by atoms with Crippen LogP contribution in [0.5, 0.6) is 0 Å². The van der Waals surface area contributed by atoms with Gasteiger partial charge in [-0.2, -0.15) is 0 Å². The van der Waals surface area contributed by atoms with Crippen LogP contribution in [-0.4, -0.2) is 38.2 Å². The topological polar surface area (TPSA) is 92.7 Å². The summed E-state index contributed by atoms with van der Waals surface area (Å²) in [6.07, 6.45) is -0.415. The molecule has 0 bridgehead atoms. The number of carbonyl (C=O) groups is 1. The monoisotopic (exact) mass is 333 g/mol. The lowest BCUT2D eigenvalue weighted by atomic mass is 10.2. The number of aryl methyl sites for hydroxylation is 1. The summed E-state index contributed by atoms with van der Waals surface area (Å²) in [6, 6.07) is 4.67. The zero-order valence-corrected chi connectivity index (χ0v) is 12.9. The van der Waals surface area contributed by atoms with Crippen molar-refractivity contribution in [2.24, 2.45) is 0 Å². The molecular weight excluding hydrogens is 318 g/mol. The van der Waals surface area contributed by atoms with Crippen molar-refractivity contribution in [1.29, 1.82) is 0 Å². The van der Waals surface area contributed by atoms with Gasteiger partial charge in [-0.1, -0.05) is 17.7 Å². The fourth-order valence-corrected chi connectivity index (χ4v) is 3.81. The van der Waals surface area contributed by atoms with Gasteiger partial charge in [0.15, 0.2) is 6.10 Å². The highest BCUT2D eigenvalue weighted by Gasteiger charge is 2.31. The number of sulfonamides is 1. The number of aliphatic carboxylic acids is 1. The van der Waals surface area contributed by atoms with E-state index in [-0.39, 0.29) is 16.5 Å². The van der Waals surface area contributed by atoms with E-state index in [0.29, 0.717) is 12.8 Å². The third-order valence-electron chi connectivity index (χ3n) is 3.26. The molecule has 1 aliphatic heterocycles. The number of carboxylic acid groups (broad SMARTS) is 1. The van der Waals surface area contributed by atoms with Crippen LogP contribution in [0.2, 0.25) is 5.02 Å². The Bertz CT molecular complexity index is 646. The van der Waals surface area contributed by atoms with Gasteiger partial charge in [-0.15, -0.1) is 0 Å². The van der Waals surface area contributed by atoms with Gasteiger partial charge in [0, 0.05) is 6.54 Å². The summed E-state index contributed by atoms with van der Waals surface area (Å²) >= 11 is 5.95. The van der Waals surface area contributed by atoms with Crippen LogP contribution in [0.15, 0.2) is 23.1 Å². The Morgan fingerprint density at radius 3 is 2.76 bits per heavy atom. The molecule has 1 fully saturated rings. The highest BCUT2D eigenvalue weighted by molar-refractivity contribution is 7.89. The molecular formula is C13H16ClNO5S. The Morgan fingerprint density at radius 2 is 2.19 bits per heavy atom. The summed E-state index contributed by atoms with van der Waals surface area (Å²) in [5.74, 6) is -1.03. The first kappa shape index (κ1) is 16.2. The van der Waals surface area contributed by atoms with Crippen LogP contribution >= 0.6 is 11.6 Å². The Morgan fingerprint density at radius 1 is 1.48 bits per heavy atom. The molecule has 1 heterocycles. The number of carboxylic acids is 1. The lowest BCUT2D eigenvalue weighted by molar-refractivity contribution is -0.149. The molecule has 21 heavy (non-hydrogen) atoms. The molecule has 0 amide bonds. The molecule has 8 heteroatoms. The van der Waals surface area contributed by atoms with Crippen LogP contribution < -0.4 is 4.72 Å². The zero-order valence-electron chi connectivity index (χ0n) is 11.4. The van der Waals surface area contributed by atoms with E-state index in [4.69, 9.17) is 21.4 Å². The second-order valence-electron chi connectivity index (χ2n) is 4.95. The second kappa shape index (κ2) is 6.31. The first-order chi connectivity index (χ1) is 9.79. The number of nitrogens with one attached hydrogen (secondary N) is 1. The molecule has 0 saturated carbocycles. The van der Waals surface area contributed by atoms with E-state index in [1.165, 1.54) is 6.07 Å². The maximum atomic E-state index is 12.2. The molecule has 1 aromatic rings. The molecule has 0 spiro atoms. The van der Waals surface area contributed by atoms with Crippen LogP contribution in [0.3, 0.4) is 0 Å². The smallest absolute Gasteiger partial charge is 0.332 e. The van der Waals surface area contributed by atoms with E-state index < -0.39 is 28.2 Å². The van der Waals surface area contributed by atoms with E-state index >= 15 is 0 Å². The van der Waals surface area contributed by atoms with Crippen LogP contribution in [0.25, 0.3) is 0 Å². The van der Waals surface area contributed by atoms with Crippen molar-refractivity contribution in [3.63, 3.8) is 0 Å². The van der Waals surface area contributed by atoms with Gasteiger partial charge < -0.3 is 9.84 Å². The fraction of sp³-hybridized carbons (Fsp3) is 0.462. The Hall–Kier alpha value is -1.15. The van der Waals surface area contributed by atoms with Gasteiger partial charge in [-0.3, -0.25) is 0 Å². The minimum absolute atomic E-state index is 0.00236. The molecule has 6 nitrogen and oxygen atoms in total. The average molecular weight is 334 g/mol. The maximum absolute atomic E-state index is 12.2. The molecule has 2 rings (SSSR count). The summed E-state index contributed by atoms with van der Waals surface area (Å²) < 4.78 is 32.0. The largest absolute Gasteiger partial charge is 0.479 e. The number of ether oxygens (including phenoxy) is 1. The minimum Gasteiger partial charge on any atom is -0.479 e. The Balaban J connectivity index is 2.01. The van der Waals surface area contributed by atoms with Crippen LogP contribution in [-0.2, 0) is 19.6 Å². The first-order valence-electron chi connectivity index (χ1n) is 6.43. The van der Waals surface area contributed by atoms with Crippen molar-refractivity contribution in [2.45, 2.75) is 36.9 Å². The summed E-state index contributed by atoms with van der Waals surface area (Å²) in [6.45, 7) is 1.84. The highest BCUT2D eigenvalue weighted by Crippen LogP contribution is 2.23. The number of halogens is 1.